The number of aryl methyl sites for hydroxylation is 1. The Hall–Kier alpha value is -0.250. The third kappa shape index (κ3) is 3.60. The van der Waals surface area contributed by atoms with Crippen molar-refractivity contribution >= 4 is 24.8 Å². The lowest BCUT2D eigenvalue weighted by Gasteiger charge is -1.96. The van der Waals surface area contributed by atoms with Gasteiger partial charge in [0.2, 0.25) is 0 Å². The van der Waals surface area contributed by atoms with Gasteiger partial charge in [0, 0.05) is 19.3 Å². The van der Waals surface area contributed by atoms with Crippen LogP contribution in [-0.2, 0) is 7.05 Å². The van der Waals surface area contributed by atoms with E-state index in [1.54, 1.807) is 4.68 Å². The summed E-state index contributed by atoms with van der Waals surface area (Å²) in [5.41, 5.74) is 6.49. The van der Waals surface area contributed by atoms with Gasteiger partial charge in [-0.05, 0) is 13.0 Å². The van der Waals surface area contributed by atoms with Crippen molar-refractivity contribution in [1.82, 2.24) is 9.78 Å². The summed E-state index contributed by atoms with van der Waals surface area (Å²) in [6.45, 7) is 1.92. The predicted molar refractivity (Wildman–Crippen MR) is 50.3 cm³/mol. The van der Waals surface area contributed by atoms with Crippen molar-refractivity contribution in [1.29, 1.82) is 0 Å². The smallest absolute Gasteiger partial charge is 0.0788 e. The molecule has 0 aromatic carbocycles. The van der Waals surface area contributed by atoms with Crippen molar-refractivity contribution in [2.75, 3.05) is 0 Å². The fourth-order valence-corrected chi connectivity index (χ4v) is 0.676. The molecule has 5 heteroatoms. The maximum absolute atomic E-state index is 5.55. The number of hydrogen-bond donors (Lipinski definition) is 1. The van der Waals surface area contributed by atoms with E-state index in [1.807, 2.05) is 26.2 Å². The van der Waals surface area contributed by atoms with Crippen LogP contribution in [0.3, 0.4) is 0 Å². The predicted octanol–water partition coefficient (Wildman–Crippen LogP) is 1.28. The molecule has 11 heavy (non-hydrogen) atoms. The van der Waals surface area contributed by atoms with Crippen LogP contribution in [0.5, 0.6) is 0 Å². The Kier molecular flexibility index (Phi) is 6.56. The zero-order chi connectivity index (χ0) is 6.85. The molecule has 2 N–H and O–H groups in total. The molecule has 0 bridgehead atoms. The molecule has 0 aliphatic rings. The van der Waals surface area contributed by atoms with Crippen molar-refractivity contribution in [3.8, 4) is 0 Å². The first-order valence-corrected chi connectivity index (χ1v) is 2.95. The van der Waals surface area contributed by atoms with E-state index in [0.29, 0.717) is 0 Å². The molecular weight excluding hydrogens is 185 g/mol. The van der Waals surface area contributed by atoms with Crippen LogP contribution in [0.25, 0.3) is 0 Å². The Morgan fingerprint density at radius 3 is 2.27 bits per heavy atom. The number of hydrogen-bond acceptors (Lipinski definition) is 2. The summed E-state index contributed by atoms with van der Waals surface area (Å²) in [5, 5.41) is 4.10. The van der Waals surface area contributed by atoms with Gasteiger partial charge in [0.15, 0.2) is 0 Å². The van der Waals surface area contributed by atoms with E-state index in [-0.39, 0.29) is 30.9 Å². The normalized spacial score (nSPS) is 11.2. The fourth-order valence-electron chi connectivity index (χ4n) is 0.676. The summed E-state index contributed by atoms with van der Waals surface area (Å²) in [7, 11) is 1.88. The van der Waals surface area contributed by atoms with Gasteiger partial charge in [-0.3, -0.25) is 4.68 Å². The molecule has 0 spiro atoms. The van der Waals surface area contributed by atoms with E-state index >= 15 is 0 Å². The van der Waals surface area contributed by atoms with Crippen molar-refractivity contribution in [2.24, 2.45) is 12.8 Å². The van der Waals surface area contributed by atoms with E-state index < -0.39 is 0 Å². The zero-order valence-corrected chi connectivity index (χ0v) is 8.15. The summed E-state index contributed by atoms with van der Waals surface area (Å²) in [5.74, 6) is 0. The van der Waals surface area contributed by atoms with Gasteiger partial charge in [0.25, 0.3) is 0 Å². The Bertz CT molecular complexity index is 197. The first-order valence-electron chi connectivity index (χ1n) is 2.95. The molecule has 0 saturated carbocycles. The molecule has 1 heterocycles. The molecule has 0 aliphatic carbocycles. The van der Waals surface area contributed by atoms with Crippen molar-refractivity contribution in [3.05, 3.63) is 18.0 Å². The number of nitrogens with two attached hydrogens (primary N) is 1. The van der Waals surface area contributed by atoms with Gasteiger partial charge in [-0.15, -0.1) is 24.8 Å². The number of nitrogens with zero attached hydrogens (tertiary/aromatic N) is 2. The highest BCUT2D eigenvalue weighted by molar-refractivity contribution is 5.85. The number of rotatable bonds is 1. The molecular formula is C6H13Cl2N3. The molecule has 1 aromatic rings. The van der Waals surface area contributed by atoms with E-state index in [9.17, 15) is 0 Å². The van der Waals surface area contributed by atoms with Gasteiger partial charge < -0.3 is 5.73 Å². The quantitative estimate of drug-likeness (QED) is 0.738. The second-order valence-electron chi connectivity index (χ2n) is 2.20. The molecule has 66 valence electrons. The molecule has 0 amide bonds. The molecule has 1 atom stereocenters. The molecule has 1 rings (SSSR count). The van der Waals surface area contributed by atoms with E-state index in [4.69, 9.17) is 5.73 Å². The van der Waals surface area contributed by atoms with Gasteiger partial charge in [-0.2, -0.15) is 5.10 Å². The lowest BCUT2D eigenvalue weighted by Crippen LogP contribution is -2.06. The van der Waals surface area contributed by atoms with Crippen molar-refractivity contribution < 1.29 is 0 Å². The minimum atomic E-state index is 0. The molecule has 0 aliphatic heterocycles. The van der Waals surface area contributed by atoms with Crippen LogP contribution in [0.1, 0.15) is 18.7 Å². The molecule has 3 nitrogen and oxygen atoms in total. The van der Waals surface area contributed by atoms with E-state index in [2.05, 4.69) is 5.10 Å². The average molecular weight is 198 g/mol. The van der Waals surface area contributed by atoms with Crippen LogP contribution in [0.4, 0.5) is 0 Å². The molecule has 0 saturated heterocycles. The van der Waals surface area contributed by atoms with Gasteiger partial charge in [0.1, 0.15) is 0 Å². The zero-order valence-electron chi connectivity index (χ0n) is 6.52. The lowest BCUT2D eigenvalue weighted by atomic mass is 10.3. The monoisotopic (exact) mass is 197 g/mol. The highest BCUT2D eigenvalue weighted by Crippen LogP contribution is 2.03. The summed E-state index contributed by atoms with van der Waals surface area (Å²) >= 11 is 0. The molecule has 0 fully saturated rings. The maximum atomic E-state index is 5.55. The second kappa shape index (κ2) is 5.41. The first kappa shape index (κ1) is 13.3. The Morgan fingerprint density at radius 1 is 1.55 bits per heavy atom. The van der Waals surface area contributed by atoms with Crippen molar-refractivity contribution in [2.45, 2.75) is 13.0 Å². The van der Waals surface area contributed by atoms with Gasteiger partial charge in [-0.1, -0.05) is 0 Å². The standard InChI is InChI=1S/C6H11N3.2ClH/c1-5(7)6-3-4-9(2)8-6;;/h3-5H,7H2,1-2H3;2*1H/t5-;;/m1../s1. The highest BCUT2D eigenvalue weighted by atomic mass is 35.5. The van der Waals surface area contributed by atoms with Crippen molar-refractivity contribution in [3.63, 3.8) is 0 Å². The first-order chi connectivity index (χ1) is 4.20. The highest BCUT2D eigenvalue weighted by Gasteiger charge is 1.99. The van der Waals surface area contributed by atoms with Crippen LogP contribution >= 0.6 is 24.8 Å². The van der Waals surface area contributed by atoms with Crippen LogP contribution in [0, 0.1) is 0 Å². The van der Waals surface area contributed by atoms with Crippen LogP contribution in [0.2, 0.25) is 0 Å². The Labute approximate surface area is 78.8 Å². The minimum Gasteiger partial charge on any atom is -0.323 e. The minimum absolute atomic E-state index is 0. The molecule has 0 unspecified atom stereocenters. The lowest BCUT2D eigenvalue weighted by molar-refractivity contribution is 0.699. The summed E-state index contributed by atoms with van der Waals surface area (Å²) in [6, 6.07) is 1.97. The SMILES string of the molecule is C[C@@H](N)c1ccn(C)n1.Cl.Cl. The summed E-state index contributed by atoms with van der Waals surface area (Å²) in [6.07, 6.45) is 1.89. The Morgan fingerprint density at radius 2 is 2.09 bits per heavy atom. The van der Waals surface area contributed by atoms with Crippen LogP contribution in [-0.4, -0.2) is 9.78 Å². The van der Waals surface area contributed by atoms with Gasteiger partial charge in [0.05, 0.1) is 5.69 Å². The summed E-state index contributed by atoms with van der Waals surface area (Å²) < 4.78 is 1.75. The van der Waals surface area contributed by atoms with Crippen LogP contribution < -0.4 is 5.73 Å². The number of halogens is 2. The fraction of sp³-hybridized carbons (Fsp3) is 0.500. The van der Waals surface area contributed by atoms with Gasteiger partial charge in [-0.25, -0.2) is 0 Å². The third-order valence-electron chi connectivity index (χ3n) is 1.20. The number of aromatic nitrogens is 2. The van der Waals surface area contributed by atoms with Gasteiger partial charge >= 0.3 is 0 Å². The Balaban J connectivity index is 0. The maximum Gasteiger partial charge on any atom is 0.0788 e. The third-order valence-corrected chi connectivity index (χ3v) is 1.20. The molecule has 1 aromatic heterocycles. The van der Waals surface area contributed by atoms with E-state index in [0.717, 1.165) is 5.69 Å². The topological polar surface area (TPSA) is 43.8 Å². The second-order valence-corrected chi connectivity index (χ2v) is 2.20. The summed E-state index contributed by atoms with van der Waals surface area (Å²) in [4.78, 5) is 0. The van der Waals surface area contributed by atoms with E-state index in [1.165, 1.54) is 0 Å². The van der Waals surface area contributed by atoms with Crippen LogP contribution in [0.15, 0.2) is 12.3 Å². The largest absolute Gasteiger partial charge is 0.323 e. The molecule has 0 radical (unpaired) electrons. The average Bonchev–Trinajstić information content (AvgIpc) is 2.14.